The van der Waals surface area contributed by atoms with Crippen LogP contribution in [0, 0.1) is 24.7 Å². The van der Waals surface area contributed by atoms with Crippen LogP contribution in [-0.2, 0) is 14.4 Å². The fraction of sp³-hybridized carbons (Fsp3) is 0.594. The van der Waals surface area contributed by atoms with E-state index in [0.29, 0.717) is 30.2 Å². The Bertz CT molecular complexity index is 1170. The third kappa shape index (κ3) is 5.25. The molecule has 3 aliphatic rings. The first-order valence-corrected chi connectivity index (χ1v) is 16.1. The van der Waals surface area contributed by atoms with Gasteiger partial charge in [0.15, 0.2) is 0 Å². The van der Waals surface area contributed by atoms with Gasteiger partial charge in [0.05, 0.1) is 39.9 Å². The van der Waals surface area contributed by atoms with Gasteiger partial charge in [-0.3, -0.25) is 14.4 Å². The number of aliphatic hydroxyl groups excluding tert-OH is 1. The maximum Gasteiger partial charge on any atom is 0.251 e. The number of carbonyl (C=O) groups excluding carboxylic acids is 3. The van der Waals surface area contributed by atoms with Crippen LogP contribution in [0.15, 0.2) is 43.5 Å². The van der Waals surface area contributed by atoms with Crippen LogP contribution < -0.4 is 4.90 Å². The molecule has 1 spiro atoms. The van der Waals surface area contributed by atoms with Crippen molar-refractivity contribution in [2.75, 3.05) is 31.1 Å². The molecule has 7 nitrogen and oxygen atoms in total. The number of hydrogen-bond acceptors (Lipinski definition) is 5. The summed E-state index contributed by atoms with van der Waals surface area (Å²) < 4.78 is -0.763. The molecule has 0 aromatic heterocycles. The van der Waals surface area contributed by atoms with Crippen LogP contribution in [-0.4, -0.2) is 80.9 Å². The lowest BCUT2D eigenvalue weighted by Crippen LogP contribution is -2.59. The van der Waals surface area contributed by atoms with E-state index in [9.17, 15) is 19.5 Å². The molecule has 3 amide bonds. The van der Waals surface area contributed by atoms with E-state index in [1.165, 1.54) is 0 Å². The van der Waals surface area contributed by atoms with Crippen LogP contribution in [0.25, 0.3) is 0 Å². The number of hydrogen-bond donors (Lipinski definition) is 1. The lowest BCUT2D eigenvalue weighted by atomic mass is 9.70. The average molecular weight is 602 g/mol. The van der Waals surface area contributed by atoms with Gasteiger partial charge in [0.2, 0.25) is 11.8 Å². The molecule has 224 valence electrons. The molecular formula is C32H44ClN3O4S. The van der Waals surface area contributed by atoms with Crippen LogP contribution in [0.3, 0.4) is 0 Å². The van der Waals surface area contributed by atoms with Crippen molar-refractivity contribution in [3.8, 4) is 0 Å². The molecule has 1 N–H and O–H groups in total. The van der Waals surface area contributed by atoms with E-state index < -0.39 is 28.7 Å². The number of rotatable bonds is 13. The number of likely N-dealkylation sites (tertiary alicyclic amines) is 1. The Morgan fingerprint density at radius 1 is 1.24 bits per heavy atom. The standard InChI is InChI=1S/C32H44ClN3O4S/c1-7-16-34(17-8-2)29(38)25-24-14-15-32(41-24)26(25)30(39)36(23(19-37)20(5)10-4)28(32)31(40)35(18-9-3)27-21(6)12-11-13-22(27)33/h7,9,11-13,20,23-26,28,37H,1,3,8,10,14-19H2,2,4-6H3/t20-,23-,24-,25+,26-,28?,32?/m0/s1. The number of carbonyl (C=O) groups is 3. The molecule has 7 atom stereocenters. The Labute approximate surface area is 254 Å². The lowest BCUT2D eigenvalue weighted by Gasteiger charge is -2.41. The number of aliphatic hydroxyl groups is 1. The van der Waals surface area contributed by atoms with Gasteiger partial charge in [-0.25, -0.2) is 0 Å². The van der Waals surface area contributed by atoms with Crippen LogP contribution in [0.4, 0.5) is 5.69 Å². The largest absolute Gasteiger partial charge is 0.394 e. The van der Waals surface area contributed by atoms with Crippen molar-refractivity contribution in [3.05, 3.63) is 54.1 Å². The first-order valence-electron chi connectivity index (χ1n) is 14.8. The third-order valence-corrected chi connectivity index (χ3v) is 11.5. The van der Waals surface area contributed by atoms with Gasteiger partial charge < -0.3 is 19.8 Å². The van der Waals surface area contributed by atoms with Crippen LogP contribution in [0.1, 0.15) is 52.0 Å². The highest BCUT2D eigenvalue weighted by molar-refractivity contribution is 8.02. The minimum Gasteiger partial charge on any atom is -0.394 e. The molecule has 2 unspecified atom stereocenters. The maximum atomic E-state index is 14.9. The van der Waals surface area contributed by atoms with Crippen molar-refractivity contribution in [1.82, 2.24) is 9.80 Å². The number of anilines is 1. The zero-order valence-corrected chi connectivity index (χ0v) is 26.3. The summed E-state index contributed by atoms with van der Waals surface area (Å²) in [5.41, 5.74) is 1.44. The monoisotopic (exact) mass is 601 g/mol. The number of fused-ring (bicyclic) bond motifs is 1. The highest BCUT2D eigenvalue weighted by atomic mass is 35.5. The van der Waals surface area contributed by atoms with Gasteiger partial charge in [0, 0.05) is 24.9 Å². The number of aryl methyl sites for hydroxylation is 1. The van der Waals surface area contributed by atoms with Gasteiger partial charge in [-0.2, -0.15) is 0 Å². The normalized spacial score (nSPS) is 27.9. The first-order chi connectivity index (χ1) is 19.6. The molecule has 3 heterocycles. The Hall–Kier alpha value is -2.29. The summed E-state index contributed by atoms with van der Waals surface area (Å²) in [7, 11) is 0. The zero-order valence-electron chi connectivity index (χ0n) is 24.7. The second kappa shape index (κ2) is 12.9. The van der Waals surface area contributed by atoms with Gasteiger partial charge in [-0.1, -0.05) is 63.1 Å². The summed E-state index contributed by atoms with van der Waals surface area (Å²) in [6.07, 6.45) is 6.34. The van der Waals surface area contributed by atoms with Gasteiger partial charge in [-0.05, 0) is 43.7 Å². The Morgan fingerprint density at radius 2 is 1.95 bits per heavy atom. The van der Waals surface area contributed by atoms with Crippen LogP contribution in [0.2, 0.25) is 5.02 Å². The number of halogens is 1. The lowest BCUT2D eigenvalue weighted by molar-refractivity contribution is -0.146. The second-order valence-electron chi connectivity index (χ2n) is 11.7. The molecule has 0 saturated carbocycles. The van der Waals surface area contributed by atoms with Crippen molar-refractivity contribution in [1.29, 1.82) is 0 Å². The van der Waals surface area contributed by atoms with Crippen molar-refractivity contribution in [3.63, 3.8) is 0 Å². The molecule has 2 bridgehead atoms. The summed E-state index contributed by atoms with van der Waals surface area (Å²) in [6, 6.07) is 4.13. The summed E-state index contributed by atoms with van der Waals surface area (Å²) in [5.74, 6) is -1.66. The number of thioether (sulfide) groups is 1. The predicted octanol–water partition coefficient (Wildman–Crippen LogP) is 5.09. The molecule has 1 aromatic carbocycles. The SMILES string of the molecule is C=CCN(CCC)C(=O)[C@@H]1[C@@H]2CCC3(S2)C(C(=O)N(CC=C)c2c(C)cccc2Cl)N([C@@H](CO)[C@@H](C)CC)C(=O)[C@H]13. The predicted molar refractivity (Wildman–Crippen MR) is 167 cm³/mol. The number of benzene rings is 1. The number of para-hydroxylation sites is 1. The van der Waals surface area contributed by atoms with E-state index in [2.05, 4.69) is 13.2 Å². The van der Waals surface area contributed by atoms with Crippen molar-refractivity contribution in [2.45, 2.75) is 75.5 Å². The fourth-order valence-corrected chi connectivity index (χ4v) is 9.80. The topological polar surface area (TPSA) is 81.2 Å². The Balaban J connectivity index is 1.86. The van der Waals surface area contributed by atoms with Crippen molar-refractivity contribution >= 4 is 46.8 Å². The van der Waals surface area contributed by atoms with Gasteiger partial charge in [-0.15, -0.1) is 24.9 Å². The van der Waals surface area contributed by atoms with Crippen molar-refractivity contribution < 1.29 is 19.5 Å². The van der Waals surface area contributed by atoms with Crippen LogP contribution in [0.5, 0.6) is 0 Å². The minimum absolute atomic E-state index is 0.0359. The first kappa shape index (κ1) is 31.6. The molecule has 4 rings (SSSR count). The van der Waals surface area contributed by atoms with E-state index in [4.69, 9.17) is 11.6 Å². The summed E-state index contributed by atoms with van der Waals surface area (Å²) >= 11 is 8.32. The molecule has 3 fully saturated rings. The quantitative estimate of drug-likeness (QED) is 0.319. The zero-order chi connectivity index (χ0) is 30.1. The summed E-state index contributed by atoms with van der Waals surface area (Å²) in [4.78, 5) is 48.7. The summed E-state index contributed by atoms with van der Waals surface area (Å²) in [6.45, 7) is 16.7. The molecule has 3 aliphatic heterocycles. The number of nitrogens with zero attached hydrogens (tertiary/aromatic N) is 3. The Kier molecular flexibility index (Phi) is 9.97. The van der Waals surface area contributed by atoms with Gasteiger partial charge >= 0.3 is 0 Å². The highest BCUT2D eigenvalue weighted by Crippen LogP contribution is 2.67. The van der Waals surface area contributed by atoms with E-state index in [1.54, 1.807) is 44.7 Å². The number of amides is 3. The fourth-order valence-electron chi connectivity index (χ4n) is 7.28. The highest BCUT2D eigenvalue weighted by Gasteiger charge is 2.74. The van der Waals surface area contributed by atoms with E-state index in [-0.39, 0.29) is 42.0 Å². The van der Waals surface area contributed by atoms with E-state index in [0.717, 1.165) is 24.8 Å². The summed E-state index contributed by atoms with van der Waals surface area (Å²) in [5, 5.41) is 11.0. The smallest absolute Gasteiger partial charge is 0.251 e. The molecular weight excluding hydrogens is 558 g/mol. The minimum atomic E-state index is -0.839. The molecule has 1 aromatic rings. The van der Waals surface area contributed by atoms with Gasteiger partial charge in [0.25, 0.3) is 5.91 Å². The second-order valence-corrected chi connectivity index (χ2v) is 13.7. The maximum absolute atomic E-state index is 14.9. The molecule has 0 radical (unpaired) electrons. The molecule has 3 saturated heterocycles. The van der Waals surface area contributed by atoms with Crippen LogP contribution >= 0.6 is 23.4 Å². The van der Waals surface area contributed by atoms with E-state index in [1.807, 2.05) is 39.8 Å². The average Bonchev–Trinajstić information content (AvgIpc) is 3.59. The third-order valence-electron chi connectivity index (χ3n) is 9.29. The molecule has 41 heavy (non-hydrogen) atoms. The van der Waals surface area contributed by atoms with Gasteiger partial charge in [0.1, 0.15) is 6.04 Å². The molecule has 9 heteroatoms. The van der Waals surface area contributed by atoms with Crippen molar-refractivity contribution in [2.24, 2.45) is 17.8 Å². The Morgan fingerprint density at radius 3 is 2.54 bits per heavy atom. The molecule has 0 aliphatic carbocycles. The van der Waals surface area contributed by atoms with E-state index >= 15 is 0 Å².